The van der Waals surface area contributed by atoms with Gasteiger partial charge in [-0.25, -0.2) is 0 Å². The number of nitro benzene ring substituents is 1. The zero-order valence-electron chi connectivity index (χ0n) is 18.6. The van der Waals surface area contributed by atoms with E-state index in [2.05, 4.69) is 19.2 Å². The Labute approximate surface area is 187 Å². The summed E-state index contributed by atoms with van der Waals surface area (Å²) in [5.74, 6) is 0.502. The molecular weight excluding hydrogens is 414 g/mol. The lowest BCUT2D eigenvalue weighted by atomic mass is 10.1. The molecule has 0 aromatic heterocycles. The maximum atomic E-state index is 12.8. The van der Waals surface area contributed by atoms with Gasteiger partial charge in [-0.2, -0.15) is 0 Å². The van der Waals surface area contributed by atoms with Crippen LogP contribution in [0.4, 0.5) is 11.4 Å². The Bertz CT molecular complexity index is 955. The minimum absolute atomic E-state index is 0.0898. The number of thioether (sulfide) groups is 1. The lowest BCUT2D eigenvalue weighted by molar-refractivity contribution is -0.387. The van der Waals surface area contributed by atoms with Gasteiger partial charge in [-0.3, -0.25) is 19.7 Å². The van der Waals surface area contributed by atoms with Gasteiger partial charge in [-0.1, -0.05) is 32.0 Å². The third-order valence-corrected chi connectivity index (χ3v) is 5.92. The summed E-state index contributed by atoms with van der Waals surface area (Å²) in [5.41, 5.74) is 2.69. The van der Waals surface area contributed by atoms with Crippen molar-refractivity contribution in [1.82, 2.24) is 4.90 Å². The summed E-state index contributed by atoms with van der Waals surface area (Å²) in [6.45, 7) is 7.84. The van der Waals surface area contributed by atoms with Gasteiger partial charge in [-0.05, 0) is 55.2 Å². The Morgan fingerprint density at radius 3 is 2.39 bits per heavy atom. The van der Waals surface area contributed by atoms with E-state index >= 15 is 0 Å². The summed E-state index contributed by atoms with van der Waals surface area (Å²) < 4.78 is 0. The van der Waals surface area contributed by atoms with E-state index in [0.29, 0.717) is 10.8 Å². The molecule has 0 aliphatic rings. The van der Waals surface area contributed by atoms with E-state index in [1.54, 1.807) is 12.1 Å². The highest BCUT2D eigenvalue weighted by Crippen LogP contribution is 2.31. The normalized spacial score (nSPS) is 10.8. The van der Waals surface area contributed by atoms with E-state index in [9.17, 15) is 19.7 Å². The van der Waals surface area contributed by atoms with Crippen molar-refractivity contribution in [3.63, 3.8) is 0 Å². The van der Waals surface area contributed by atoms with Crippen LogP contribution in [-0.4, -0.2) is 41.0 Å². The van der Waals surface area contributed by atoms with Crippen LogP contribution in [0.5, 0.6) is 0 Å². The summed E-state index contributed by atoms with van der Waals surface area (Å²) in [5, 5.41) is 14.4. The van der Waals surface area contributed by atoms with Gasteiger partial charge in [0.1, 0.15) is 0 Å². The predicted molar refractivity (Wildman–Crippen MR) is 125 cm³/mol. The highest BCUT2D eigenvalue weighted by molar-refractivity contribution is 7.99. The molecule has 0 fully saturated rings. The average molecular weight is 444 g/mol. The van der Waals surface area contributed by atoms with E-state index < -0.39 is 10.8 Å². The van der Waals surface area contributed by atoms with Gasteiger partial charge in [0.25, 0.3) is 11.6 Å². The first-order valence-electron chi connectivity index (χ1n) is 10.1. The van der Waals surface area contributed by atoms with Gasteiger partial charge in [0.15, 0.2) is 0 Å². The molecule has 0 unspecified atom stereocenters. The Hall–Kier alpha value is -2.87. The smallest absolute Gasteiger partial charge is 0.283 e. The van der Waals surface area contributed by atoms with Crippen molar-refractivity contribution in [3.8, 4) is 0 Å². The first-order chi connectivity index (χ1) is 14.6. The quantitative estimate of drug-likeness (QED) is 0.332. The van der Waals surface area contributed by atoms with Gasteiger partial charge < -0.3 is 10.2 Å². The standard InChI is InChI=1S/C23H29N3O4S/c1-15(2)11-12-31-20-10-9-18(13-19(20)26(29)30)23(28)25(5)14-21(27)24-22-16(3)7-6-8-17(22)4/h6-10,13,15H,11-12,14H2,1-5H3,(H,24,27). The molecule has 0 aliphatic carbocycles. The van der Waals surface area contributed by atoms with Gasteiger partial charge in [0.05, 0.1) is 16.4 Å². The Morgan fingerprint density at radius 1 is 1.16 bits per heavy atom. The number of nitrogens with one attached hydrogen (secondary N) is 1. The molecule has 0 aliphatic heterocycles. The number of nitro groups is 1. The third-order valence-electron chi connectivity index (χ3n) is 4.83. The van der Waals surface area contributed by atoms with Crippen molar-refractivity contribution in [2.75, 3.05) is 24.7 Å². The molecule has 0 saturated heterocycles. The van der Waals surface area contributed by atoms with Crippen molar-refractivity contribution < 1.29 is 14.5 Å². The van der Waals surface area contributed by atoms with Gasteiger partial charge >= 0.3 is 0 Å². The number of likely N-dealkylation sites (N-methyl/N-ethyl adjacent to an activating group) is 1. The molecule has 166 valence electrons. The Morgan fingerprint density at radius 2 is 1.81 bits per heavy atom. The summed E-state index contributed by atoms with van der Waals surface area (Å²) in [7, 11) is 1.50. The fourth-order valence-corrected chi connectivity index (χ4v) is 4.27. The molecule has 2 rings (SSSR count). The van der Waals surface area contributed by atoms with Crippen molar-refractivity contribution in [2.24, 2.45) is 5.92 Å². The molecule has 0 spiro atoms. The summed E-state index contributed by atoms with van der Waals surface area (Å²) in [6.07, 6.45) is 0.945. The average Bonchev–Trinajstić information content (AvgIpc) is 2.70. The first kappa shape index (κ1) is 24.4. The van der Waals surface area contributed by atoms with Crippen LogP contribution in [0.2, 0.25) is 0 Å². The molecule has 31 heavy (non-hydrogen) atoms. The van der Waals surface area contributed by atoms with Crippen molar-refractivity contribution >= 4 is 35.0 Å². The van der Waals surface area contributed by atoms with Crippen LogP contribution in [0.15, 0.2) is 41.3 Å². The summed E-state index contributed by atoms with van der Waals surface area (Å²) in [4.78, 5) is 38.1. The van der Waals surface area contributed by atoms with E-state index in [-0.39, 0.29) is 23.7 Å². The fraction of sp³-hybridized carbons (Fsp3) is 0.391. The monoisotopic (exact) mass is 443 g/mol. The molecule has 8 heteroatoms. The van der Waals surface area contributed by atoms with Crippen LogP contribution >= 0.6 is 11.8 Å². The maximum absolute atomic E-state index is 12.8. The van der Waals surface area contributed by atoms with Crippen molar-refractivity contribution in [1.29, 1.82) is 0 Å². The van der Waals surface area contributed by atoms with E-state index in [0.717, 1.165) is 29.0 Å². The van der Waals surface area contributed by atoms with E-state index in [1.807, 2.05) is 32.0 Å². The second-order valence-electron chi connectivity index (χ2n) is 7.95. The van der Waals surface area contributed by atoms with Gasteiger partial charge in [0, 0.05) is 24.4 Å². The number of carbonyl (C=O) groups is 2. The topological polar surface area (TPSA) is 92.6 Å². The largest absolute Gasteiger partial charge is 0.332 e. The van der Waals surface area contributed by atoms with Crippen LogP contribution < -0.4 is 5.32 Å². The van der Waals surface area contributed by atoms with Gasteiger partial charge in [0.2, 0.25) is 5.91 Å². The van der Waals surface area contributed by atoms with Crippen LogP contribution in [0.1, 0.15) is 41.8 Å². The number of benzene rings is 2. The SMILES string of the molecule is Cc1cccc(C)c1NC(=O)CN(C)C(=O)c1ccc(SCCC(C)C)c([N+](=O)[O-])c1. The van der Waals surface area contributed by atoms with Crippen LogP contribution in [0.25, 0.3) is 0 Å². The summed E-state index contributed by atoms with van der Waals surface area (Å²) in [6, 6.07) is 10.2. The molecule has 0 radical (unpaired) electrons. The number of anilines is 1. The molecule has 2 amide bonds. The number of aryl methyl sites for hydroxylation is 2. The van der Waals surface area contributed by atoms with Gasteiger partial charge in [-0.15, -0.1) is 11.8 Å². The molecule has 1 N–H and O–H groups in total. The molecule has 0 bridgehead atoms. The molecule has 0 atom stereocenters. The fourth-order valence-electron chi connectivity index (χ4n) is 3.02. The highest BCUT2D eigenvalue weighted by atomic mass is 32.2. The van der Waals surface area contributed by atoms with Crippen molar-refractivity contribution in [3.05, 3.63) is 63.2 Å². The number of nitrogens with zero attached hydrogens (tertiary/aromatic N) is 2. The number of amides is 2. The number of carbonyl (C=O) groups excluding carboxylic acids is 2. The lowest BCUT2D eigenvalue weighted by Crippen LogP contribution is -2.35. The Balaban J connectivity index is 2.09. The second-order valence-corrected chi connectivity index (χ2v) is 9.08. The molecule has 0 saturated carbocycles. The first-order valence-corrected chi connectivity index (χ1v) is 11.1. The minimum Gasteiger partial charge on any atom is -0.332 e. The number of hydrogen-bond acceptors (Lipinski definition) is 5. The molecule has 7 nitrogen and oxygen atoms in total. The highest BCUT2D eigenvalue weighted by Gasteiger charge is 2.21. The van der Waals surface area contributed by atoms with Crippen molar-refractivity contribution in [2.45, 2.75) is 39.0 Å². The predicted octanol–water partition coefficient (Wildman–Crippen LogP) is 5.06. The van der Waals surface area contributed by atoms with E-state index in [1.165, 1.54) is 29.8 Å². The third kappa shape index (κ3) is 6.82. The number of hydrogen-bond donors (Lipinski definition) is 1. The molecule has 2 aromatic carbocycles. The molecule has 2 aromatic rings. The zero-order chi connectivity index (χ0) is 23.1. The maximum Gasteiger partial charge on any atom is 0.283 e. The Kier molecular flexibility index (Phi) is 8.62. The zero-order valence-corrected chi connectivity index (χ0v) is 19.4. The van der Waals surface area contributed by atoms with Crippen LogP contribution in [0, 0.1) is 29.9 Å². The number of para-hydroxylation sites is 1. The van der Waals surface area contributed by atoms with Crippen LogP contribution in [0.3, 0.4) is 0 Å². The second kappa shape index (κ2) is 10.9. The van der Waals surface area contributed by atoms with Crippen LogP contribution in [-0.2, 0) is 4.79 Å². The lowest BCUT2D eigenvalue weighted by Gasteiger charge is -2.18. The minimum atomic E-state index is -0.470. The summed E-state index contributed by atoms with van der Waals surface area (Å²) >= 11 is 1.42. The molecular formula is C23H29N3O4S. The molecule has 0 heterocycles. The number of rotatable bonds is 9. The van der Waals surface area contributed by atoms with E-state index in [4.69, 9.17) is 0 Å².